The van der Waals surface area contributed by atoms with Crippen molar-refractivity contribution in [1.82, 2.24) is 5.01 Å². The molecular weight excluding hydrogens is 398 g/mol. The zero-order valence-corrected chi connectivity index (χ0v) is 17.9. The average molecular weight is 425 g/mol. The minimum atomic E-state index is -1.66. The Morgan fingerprint density at radius 2 is 1.87 bits per heavy atom. The summed E-state index contributed by atoms with van der Waals surface area (Å²) >= 11 is 0. The number of amides is 2. The Morgan fingerprint density at radius 3 is 2.48 bits per heavy atom. The summed E-state index contributed by atoms with van der Waals surface area (Å²) in [5.41, 5.74) is 2.28. The molecule has 1 aliphatic heterocycles. The number of hydroxylamine groups is 2. The summed E-state index contributed by atoms with van der Waals surface area (Å²) < 4.78 is -1.66. The molecule has 31 heavy (non-hydrogen) atoms. The number of rotatable bonds is 6. The molecule has 0 saturated carbocycles. The van der Waals surface area contributed by atoms with Crippen LogP contribution >= 0.6 is 0 Å². The molecule has 0 aliphatic carbocycles. The number of benzene rings is 2. The van der Waals surface area contributed by atoms with Crippen LogP contribution in [-0.2, 0) is 4.79 Å². The maximum atomic E-state index is 13.7. The second-order valence-electron chi connectivity index (χ2n) is 7.89. The van der Waals surface area contributed by atoms with E-state index in [2.05, 4.69) is 5.32 Å². The van der Waals surface area contributed by atoms with Crippen molar-refractivity contribution < 1.29 is 24.2 Å². The minimum Gasteiger partial charge on any atom is -0.601 e. The van der Waals surface area contributed by atoms with Crippen LogP contribution in [0.1, 0.15) is 54.2 Å². The lowest BCUT2D eigenvalue weighted by atomic mass is 10.1. The summed E-state index contributed by atoms with van der Waals surface area (Å²) in [5, 5.41) is 27.6. The van der Waals surface area contributed by atoms with E-state index in [9.17, 15) is 24.7 Å². The van der Waals surface area contributed by atoms with Gasteiger partial charge >= 0.3 is 6.09 Å². The molecule has 8 nitrogen and oxygen atoms in total. The van der Waals surface area contributed by atoms with Crippen molar-refractivity contribution in [2.75, 3.05) is 11.9 Å². The van der Waals surface area contributed by atoms with E-state index in [0.717, 1.165) is 5.56 Å². The van der Waals surface area contributed by atoms with E-state index in [1.54, 1.807) is 62.4 Å². The molecule has 3 unspecified atom stereocenters. The van der Waals surface area contributed by atoms with E-state index in [1.807, 2.05) is 0 Å². The summed E-state index contributed by atoms with van der Waals surface area (Å²) in [5.74, 6) is -0.586. The zero-order valence-electron chi connectivity index (χ0n) is 17.9. The lowest BCUT2D eigenvalue weighted by Crippen LogP contribution is -2.63. The topological polar surface area (TPSA) is 110 Å². The number of quaternary nitrogens is 1. The number of hydrogen-bond donors (Lipinski definition) is 2. The van der Waals surface area contributed by atoms with Crippen molar-refractivity contribution in [3.63, 3.8) is 0 Å². The van der Waals surface area contributed by atoms with Gasteiger partial charge in [0.15, 0.2) is 5.78 Å². The summed E-state index contributed by atoms with van der Waals surface area (Å²) in [4.78, 5) is 37.0. The van der Waals surface area contributed by atoms with E-state index in [4.69, 9.17) is 0 Å². The Bertz CT molecular complexity index is 994. The van der Waals surface area contributed by atoms with Crippen LogP contribution in [0.4, 0.5) is 10.5 Å². The number of nitrogens with one attached hydrogen (secondary N) is 1. The molecule has 2 aromatic carbocycles. The molecule has 1 aliphatic rings. The van der Waals surface area contributed by atoms with Crippen LogP contribution in [0, 0.1) is 12.1 Å². The van der Waals surface area contributed by atoms with Gasteiger partial charge in [-0.05, 0) is 45.2 Å². The van der Waals surface area contributed by atoms with Crippen molar-refractivity contribution in [3.05, 3.63) is 70.4 Å². The van der Waals surface area contributed by atoms with Gasteiger partial charge in [-0.25, -0.2) is 0 Å². The molecule has 0 aromatic heterocycles. The monoisotopic (exact) mass is 425 g/mol. The summed E-state index contributed by atoms with van der Waals surface area (Å²) in [6.07, 6.45) is -0.665. The molecule has 3 atom stereocenters. The highest BCUT2D eigenvalue weighted by Gasteiger charge is 2.49. The molecule has 2 N–H and O–H groups in total. The highest BCUT2D eigenvalue weighted by atomic mass is 16.7. The summed E-state index contributed by atoms with van der Waals surface area (Å²) in [6, 6.07) is 11.9. The molecule has 1 heterocycles. The zero-order chi connectivity index (χ0) is 22.8. The third-order valence-electron chi connectivity index (χ3n) is 5.89. The van der Waals surface area contributed by atoms with Crippen LogP contribution in [0.2, 0.25) is 0 Å². The number of anilines is 1. The highest BCUT2D eigenvalue weighted by molar-refractivity contribution is 5.99. The van der Waals surface area contributed by atoms with E-state index in [0.29, 0.717) is 29.7 Å². The molecule has 2 amide bonds. The van der Waals surface area contributed by atoms with Crippen LogP contribution < -0.4 is 5.32 Å². The van der Waals surface area contributed by atoms with Crippen molar-refractivity contribution in [2.24, 2.45) is 0 Å². The third kappa shape index (κ3) is 4.36. The van der Waals surface area contributed by atoms with E-state index < -0.39 is 28.8 Å². The van der Waals surface area contributed by atoms with Crippen LogP contribution in [0.3, 0.4) is 0 Å². The Kier molecular flexibility index (Phi) is 6.54. The Morgan fingerprint density at radius 1 is 1.19 bits per heavy atom. The van der Waals surface area contributed by atoms with Crippen molar-refractivity contribution in [2.45, 2.75) is 45.7 Å². The van der Waals surface area contributed by atoms with Gasteiger partial charge in [0.25, 0.3) is 0 Å². The molecule has 8 heteroatoms. The number of carboxylic acid groups (broad SMARTS) is 1. The number of nitrogens with zero attached hydrogens (tertiary/aromatic N) is 2. The lowest BCUT2D eigenvalue weighted by molar-refractivity contribution is -0.955. The molecule has 1 fully saturated rings. The predicted molar refractivity (Wildman–Crippen MR) is 116 cm³/mol. The number of hydrogen-bond acceptors (Lipinski definition) is 5. The molecule has 1 saturated heterocycles. The van der Waals surface area contributed by atoms with Crippen molar-refractivity contribution in [3.8, 4) is 0 Å². The van der Waals surface area contributed by atoms with Gasteiger partial charge in [-0.1, -0.05) is 42.5 Å². The summed E-state index contributed by atoms with van der Waals surface area (Å²) in [7, 11) is 0. The second-order valence-corrected chi connectivity index (χ2v) is 7.89. The van der Waals surface area contributed by atoms with Crippen molar-refractivity contribution >= 4 is 23.5 Å². The fraction of sp³-hybridized carbons (Fsp3) is 0.348. The van der Waals surface area contributed by atoms with E-state index >= 15 is 0 Å². The number of carbonyl (C=O) groups is 3. The first-order valence-electron chi connectivity index (χ1n) is 10.2. The normalized spacial score (nSPS) is 19.4. The van der Waals surface area contributed by atoms with Gasteiger partial charge in [-0.2, -0.15) is 9.55 Å². The maximum Gasteiger partial charge on any atom is 0.534 e. The molecule has 0 spiro atoms. The first-order valence-corrected chi connectivity index (χ1v) is 10.2. The lowest BCUT2D eigenvalue weighted by Gasteiger charge is -2.48. The first kappa shape index (κ1) is 22.6. The molecule has 3 rings (SSSR count). The smallest absolute Gasteiger partial charge is 0.534 e. The van der Waals surface area contributed by atoms with Crippen LogP contribution in [0.5, 0.6) is 0 Å². The van der Waals surface area contributed by atoms with Gasteiger partial charge in [-0.15, -0.1) is 5.01 Å². The Balaban J connectivity index is 1.90. The summed E-state index contributed by atoms with van der Waals surface area (Å²) in [6.45, 7) is 4.99. The highest BCUT2D eigenvalue weighted by Crippen LogP contribution is 2.36. The number of ketones is 1. The average Bonchev–Trinajstić information content (AvgIpc) is 3.25. The second kappa shape index (κ2) is 8.97. The minimum absolute atomic E-state index is 0.129. The van der Waals surface area contributed by atoms with Crippen molar-refractivity contribution in [1.29, 1.82) is 0 Å². The van der Waals surface area contributed by atoms with Gasteiger partial charge < -0.3 is 15.6 Å². The molecule has 0 radical (unpaired) electrons. The fourth-order valence-corrected chi connectivity index (χ4v) is 4.00. The Hall–Kier alpha value is -3.07. The van der Waals surface area contributed by atoms with Gasteiger partial charge in [0.1, 0.15) is 12.1 Å². The van der Waals surface area contributed by atoms with Crippen LogP contribution in [-0.4, -0.2) is 45.2 Å². The van der Waals surface area contributed by atoms with Gasteiger partial charge in [0.05, 0.1) is 0 Å². The maximum absolute atomic E-state index is 13.7. The molecule has 0 bridgehead atoms. The first-order chi connectivity index (χ1) is 14.7. The number of aryl methyl sites for hydroxylation is 1. The molecule has 164 valence electrons. The SMILES string of the molecule is CC(=O)c1ccc(C)c(NC(=O)C2CCCN2[N+]([O-])(C(=O)O)C(C)c2ccccc2)c1. The molecular formula is C23H27N3O5. The van der Waals surface area contributed by atoms with E-state index in [1.165, 1.54) is 11.9 Å². The largest absolute Gasteiger partial charge is 0.601 e. The predicted octanol–water partition coefficient (Wildman–Crippen LogP) is 4.27. The Labute approximate surface area is 181 Å². The van der Waals surface area contributed by atoms with Crippen LogP contribution in [0.15, 0.2) is 48.5 Å². The number of carbonyl (C=O) groups excluding carboxylic acids is 2. The van der Waals surface area contributed by atoms with Gasteiger partial charge in [0, 0.05) is 23.4 Å². The molecule has 2 aromatic rings. The van der Waals surface area contributed by atoms with E-state index in [-0.39, 0.29) is 12.3 Å². The van der Waals surface area contributed by atoms with Crippen LogP contribution in [0.25, 0.3) is 0 Å². The van der Waals surface area contributed by atoms with Gasteiger partial charge in [-0.3, -0.25) is 9.59 Å². The third-order valence-corrected chi connectivity index (χ3v) is 5.89. The fourth-order valence-electron chi connectivity index (χ4n) is 4.00. The quantitative estimate of drug-likeness (QED) is 0.406. The van der Waals surface area contributed by atoms with Gasteiger partial charge in [0.2, 0.25) is 5.91 Å². The standard InChI is InChI=1S/C23H27N3O5/c1-15-11-12-19(17(3)27)14-20(15)24-22(28)21-10-7-13-25(21)26(31,23(29)30)16(2)18-8-5-4-6-9-18/h4-6,8-9,11-12,14,16,21H,7,10,13H2,1-3H3,(H,24,28)(H,29,30). The number of Topliss-reactive ketones (excluding diaryl/α,β-unsaturated/α-hetero) is 1.